The minimum absolute atomic E-state index is 0.00205. The second kappa shape index (κ2) is 11.6. The molecule has 0 aromatic heterocycles. The highest BCUT2D eigenvalue weighted by Gasteiger charge is 2.45. The third kappa shape index (κ3) is 6.25. The van der Waals surface area contributed by atoms with Gasteiger partial charge < -0.3 is 19.9 Å². The normalized spacial score (nSPS) is 26.4. The number of guanidine groups is 1. The third-order valence-corrected chi connectivity index (χ3v) is 8.43. The van der Waals surface area contributed by atoms with E-state index in [2.05, 4.69) is 17.6 Å². The predicted octanol–water partition coefficient (Wildman–Crippen LogP) is 3.64. The lowest BCUT2D eigenvalue weighted by molar-refractivity contribution is 0.0823. The van der Waals surface area contributed by atoms with Crippen LogP contribution < -0.4 is 10.6 Å². The number of nitrogens with one attached hydrogen (secondary N) is 2. The van der Waals surface area contributed by atoms with Gasteiger partial charge in [0.1, 0.15) is 23.4 Å². The topological polar surface area (TPSA) is 81.1 Å². The summed E-state index contributed by atoms with van der Waals surface area (Å²) >= 11 is -0.967. The van der Waals surface area contributed by atoms with E-state index in [9.17, 15) is 13.3 Å². The second-order valence-electron chi connectivity index (χ2n) is 9.06. The molecule has 1 aromatic rings. The molecule has 0 saturated carbocycles. The average Bonchev–Trinajstić information content (AvgIpc) is 3.18. The summed E-state index contributed by atoms with van der Waals surface area (Å²) in [6, 6.07) is 4.10. The fourth-order valence-corrected chi connectivity index (χ4v) is 6.49. The van der Waals surface area contributed by atoms with E-state index in [1.54, 1.807) is 6.07 Å². The zero-order valence-corrected chi connectivity index (χ0v) is 20.0. The van der Waals surface area contributed by atoms with Gasteiger partial charge >= 0.3 is 0 Å². The van der Waals surface area contributed by atoms with E-state index in [0.717, 1.165) is 63.6 Å². The molecule has 33 heavy (non-hydrogen) atoms. The van der Waals surface area contributed by atoms with Gasteiger partial charge in [-0.3, -0.25) is 0 Å². The van der Waals surface area contributed by atoms with Crippen LogP contribution in [0.2, 0.25) is 0 Å². The molecule has 3 aliphatic heterocycles. The standard InChI is InChI=1S/C24H34F2N4O2S/c1-2-3-4-16(19-6-5-17(25)15-20(19)26)7-11-27-24-29-21-10-14-33(31)22(21)23(30-24)28-18-8-12-32-13-9-18/h5-6,15-16,18,21-22H,2-4,7-14H2,1H3,(H2,27,28,29,30). The molecule has 6 nitrogen and oxygen atoms in total. The highest BCUT2D eigenvalue weighted by atomic mass is 32.2. The molecule has 182 valence electrons. The molecule has 0 bridgehead atoms. The molecule has 0 spiro atoms. The summed E-state index contributed by atoms with van der Waals surface area (Å²) in [4.78, 5) is 9.45. The van der Waals surface area contributed by atoms with Gasteiger partial charge in [0.05, 0.1) is 0 Å². The van der Waals surface area contributed by atoms with E-state index in [0.29, 0.717) is 30.2 Å². The number of fused-ring (bicyclic) bond motifs is 1. The first-order chi connectivity index (χ1) is 16.0. The van der Waals surface area contributed by atoms with Crippen molar-refractivity contribution in [3.05, 3.63) is 35.4 Å². The summed E-state index contributed by atoms with van der Waals surface area (Å²) in [5, 5.41) is 6.69. The third-order valence-electron chi connectivity index (χ3n) is 6.69. The first-order valence-electron chi connectivity index (χ1n) is 12.1. The minimum Gasteiger partial charge on any atom is -0.616 e. The number of amidine groups is 1. The van der Waals surface area contributed by atoms with E-state index in [1.807, 2.05) is 0 Å². The van der Waals surface area contributed by atoms with Crippen molar-refractivity contribution in [2.75, 3.05) is 25.5 Å². The van der Waals surface area contributed by atoms with Crippen LogP contribution in [-0.2, 0) is 15.9 Å². The number of hydrogen-bond acceptors (Lipinski definition) is 6. The SMILES string of the molecule is CCCCC(CCNC1=NC2CC[S+]([O-])C2C(NC2CCOCC2)=N1)c1ccc(F)cc1F. The highest BCUT2D eigenvalue weighted by Crippen LogP contribution is 2.29. The maximum Gasteiger partial charge on any atom is 0.220 e. The van der Waals surface area contributed by atoms with Gasteiger partial charge in [-0.15, -0.1) is 0 Å². The molecule has 2 fully saturated rings. The Balaban J connectivity index is 1.41. The lowest BCUT2D eigenvalue weighted by Gasteiger charge is -2.30. The van der Waals surface area contributed by atoms with Crippen LogP contribution in [0.5, 0.6) is 0 Å². The average molecular weight is 481 g/mol. The van der Waals surface area contributed by atoms with Crippen molar-refractivity contribution in [1.29, 1.82) is 0 Å². The quantitative estimate of drug-likeness (QED) is 0.557. The molecule has 2 N–H and O–H groups in total. The fraction of sp³-hybridized carbons (Fsp3) is 0.667. The minimum atomic E-state index is -0.967. The van der Waals surface area contributed by atoms with Crippen molar-refractivity contribution in [1.82, 2.24) is 10.6 Å². The number of halogens is 2. The van der Waals surface area contributed by atoms with Crippen LogP contribution in [0.15, 0.2) is 28.2 Å². The number of nitrogens with zero attached hydrogens (tertiary/aromatic N) is 2. The largest absolute Gasteiger partial charge is 0.616 e. The van der Waals surface area contributed by atoms with Crippen molar-refractivity contribution in [3.8, 4) is 0 Å². The Morgan fingerprint density at radius 3 is 2.79 bits per heavy atom. The zero-order valence-electron chi connectivity index (χ0n) is 19.2. The number of hydrogen-bond donors (Lipinski definition) is 2. The van der Waals surface area contributed by atoms with Crippen molar-refractivity contribution in [2.24, 2.45) is 9.98 Å². The van der Waals surface area contributed by atoms with Crippen LogP contribution in [0, 0.1) is 11.6 Å². The fourth-order valence-electron chi connectivity index (χ4n) is 4.84. The number of rotatable bonds is 8. The maximum absolute atomic E-state index is 14.4. The smallest absolute Gasteiger partial charge is 0.220 e. The van der Waals surface area contributed by atoms with E-state index in [4.69, 9.17) is 14.7 Å². The Kier molecular flexibility index (Phi) is 8.60. The van der Waals surface area contributed by atoms with Crippen molar-refractivity contribution < 1.29 is 18.1 Å². The van der Waals surface area contributed by atoms with Crippen molar-refractivity contribution in [3.63, 3.8) is 0 Å². The second-order valence-corrected chi connectivity index (χ2v) is 10.7. The monoisotopic (exact) mass is 480 g/mol. The summed E-state index contributed by atoms with van der Waals surface area (Å²) < 4.78 is 45.8. The molecule has 2 saturated heterocycles. The summed E-state index contributed by atoms with van der Waals surface area (Å²) in [5.74, 6) is 0.929. The summed E-state index contributed by atoms with van der Waals surface area (Å²) in [6.45, 7) is 4.14. The molecular weight excluding hydrogens is 446 g/mol. The van der Waals surface area contributed by atoms with E-state index in [-0.39, 0.29) is 23.3 Å². The van der Waals surface area contributed by atoms with Gasteiger partial charge in [-0.05, 0) is 54.4 Å². The van der Waals surface area contributed by atoms with Crippen molar-refractivity contribution >= 4 is 23.0 Å². The van der Waals surface area contributed by atoms with Crippen LogP contribution >= 0.6 is 0 Å². The van der Waals surface area contributed by atoms with E-state index >= 15 is 0 Å². The summed E-state index contributed by atoms with van der Waals surface area (Å²) in [6.07, 6.45) is 6.14. The van der Waals surface area contributed by atoms with Gasteiger partial charge in [-0.1, -0.05) is 25.8 Å². The Bertz CT molecular complexity index is 863. The molecule has 4 atom stereocenters. The van der Waals surface area contributed by atoms with Gasteiger partial charge in [-0.2, -0.15) is 4.99 Å². The van der Waals surface area contributed by atoms with Crippen LogP contribution in [-0.4, -0.2) is 59.2 Å². The number of unbranched alkanes of at least 4 members (excludes halogenated alkanes) is 1. The molecule has 0 aliphatic carbocycles. The zero-order chi connectivity index (χ0) is 23.2. The number of benzene rings is 1. The predicted molar refractivity (Wildman–Crippen MR) is 128 cm³/mol. The molecule has 1 aromatic carbocycles. The van der Waals surface area contributed by atoms with Crippen molar-refractivity contribution in [2.45, 2.75) is 75.1 Å². The van der Waals surface area contributed by atoms with Gasteiger partial charge in [0.25, 0.3) is 0 Å². The molecule has 9 heteroatoms. The van der Waals surface area contributed by atoms with Gasteiger partial charge in [0.15, 0.2) is 11.1 Å². The van der Waals surface area contributed by atoms with Crippen LogP contribution in [0.4, 0.5) is 8.78 Å². The lowest BCUT2D eigenvalue weighted by atomic mass is 9.90. The molecule has 0 radical (unpaired) electrons. The summed E-state index contributed by atoms with van der Waals surface area (Å²) in [5.41, 5.74) is 0.564. The first-order valence-corrected chi connectivity index (χ1v) is 13.5. The highest BCUT2D eigenvalue weighted by molar-refractivity contribution is 7.93. The van der Waals surface area contributed by atoms with Crippen LogP contribution in [0.1, 0.15) is 63.4 Å². The Morgan fingerprint density at radius 1 is 1.21 bits per heavy atom. The Hall–Kier alpha value is -1.71. The molecular formula is C24H34F2N4O2S. The molecule has 3 heterocycles. The van der Waals surface area contributed by atoms with Gasteiger partial charge in [0, 0.05) is 38.3 Å². The Labute approximate surface area is 197 Å². The van der Waals surface area contributed by atoms with E-state index < -0.39 is 22.8 Å². The molecule has 3 aliphatic rings. The van der Waals surface area contributed by atoms with Gasteiger partial charge in [-0.25, -0.2) is 13.8 Å². The first kappa shape index (κ1) is 24.4. The van der Waals surface area contributed by atoms with Crippen LogP contribution in [0.3, 0.4) is 0 Å². The molecule has 4 rings (SSSR count). The van der Waals surface area contributed by atoms with Crippen LogP contribution in [0.25, 0.3) is 0 Å². The molecule has 4 unspecified atom stereocenters. The number of ether oxygens (including phenoxy) is 1. The number of aliphatic imine (C=N–C) groups is 2. The maximum atomic E-state index is 14.4. The van der Waals surface area contributed by atoms with Gasteiger partial charge in [0.2, 0.25) is 5.96 Å². The van der Waals surface area contributed by atoms with E-state index in [1.165, 1.54) is 6.07 Å². The summed E-state index contributed by atoms with van der Waals surface area (Å²) in [7, 11) is 0. The lowest BCUT2D eigenvalue weighted by Crippen LogP contribution is -2.51. The molecule has 0 amide bonds. The Morgan fingerprint density at radius 2 is 2.03 bits per heavy atom.